The first kappa shape index (κ1) is 31.6. The SMILES string of the molecule is COc1ccc(SC(C)C(=O)OCCN2CCN(CCCN3c4ccccc4Sc4ccc(C(F)(F)F)cc43)CC2)cc1. The molecule has 3 aromatic rings. The van der Waals surface area contributed by atoms with Gasteiger partial charge in [-0.2, -0.15) is 13.2 Å². The summed E-state index contributed by atoms with van der Waals surface area (Å²) in [6.45, 7) is 7.97. The molecule has 2 aliphatic rings. The van der Waals surface area contributed by atoms with Gasteiger partial charge in [-0.05, 0) is 74.5 Å². The molecule has 43 heavy (non-hydrogen) atoms. The van der Waals surface area contributed by atoms with Crippen molar-refractivity contribution in [3.63, 3.8) is 0 Å². The molecule has 2 heterocycles. The number of esters is 1. The molecule has 2 aliphatic heterocycles. The third kappa shape index (κ3) is 8.20. The van der Waals surface area contributed by atoms with Crippen LogP contribution in [0.2, 0.25) is 0 Å². The van der Waals surface area contributed by atoms with E-state index in [0.717, 1.165) is 65.3 Å². The van der Waals surface area contributed by atoms with E-state index in [9.17, 15) is 18.0 Å². The first-order chi connectivity index (χ1) is 20.7. The molecular formula is C32H36F3N3O3S2. The Labute approximate surface area is 259 Å². The van der Waals surface area contributed by atoms with Crippen LogP contribution in [0.1, 0.15) is 18.9 Å². The zero-order valence-corrected chi connectivity index (χ0v) is 25.9. The van der Waals surface area contributed by atoms with Gasteiger partial charge >= 0.3 is 12.1 Å². The summed E-state index contributed by atoms with van der Waals surface area (Å²) < 4.78 is 51.2. The second-order valence-corrected chi connectivity index (χ2v) is 13.0. The van der Waals surface area contributed by atoms with Gasteiger partial charge < -0.3 is 19.3 Å². The van der Waals surface area contributed by atoms with Crippen LogP contribution in [0.4, 0.5) is 24.5 Å². The van der Waals surface area contributed by atoms with E-state index in [4.69, 9.17) is 9.47 Å². The van der Waals surface area contributed by atoms with Gasteiger partial charge in [-0.15, -0.1) is 11.8 Å². The number of anilines is 2. The Kier molecular flexibility index (Phi) is 10.5. The van der Waals surface area contributed by atoms with Crippen LogP contribution in [0, 0.1) is 0 Å². The van der Waals surface area contributed by atoms with Gasteiger partial charge in [-0.3, -0.25) is 9.69 Å². The number of fused-ring (bicyclic) bond motifs is 2. The number of para-hydroxylation sites is 1. The molecule has 0 N–H and O–H groups in total. The second-order valence-electron chi connectivity index (χ2n) is 10.5. The third-order valence-corrected chi connectivity index (χ3v) is 9.85. The lowest BCUT2D eigenvalue weighted by atomic mass is 10.1. The molecule has 230 valence electrons. The number of hydrogen-bond acceptors (Lipinski definition) is 8. The molecule has 0 radical (unpaired) electrons. The predicted octanol–water partition coefficient (Wildman–Crippen LogP) is 7.05. The number of nitrogens with zero attached hydrogens (tertiary/aromatic N) is 3. The van der Waals surface area contributed by atoms with Crippen molar-refractivity contribution in [2.24, 2.45) is 0 Å². The van der Waals surface area contributed by atoms with Gasteiger partial charge in [0, 0.05) is 54.0 Å². The number of benzene rings is 3. The van der Waals surface area contributed by atoms with Gasteiger partial charge in [0.15, 0.2) is 0 Å². The van der Waals surface area contributed by atoms with Crippen molar-refractivity contribution >= 4 is 40.9 Å². The minimum absolute atomic E-state index is 0.221. The van der Waals surface area contributed by atoms with Crippen molar-refractivity contribution in [3.05, 3.63) is 72.3 Å². The van der Waals surface area contributed by atoms with Gasteiger partial charge in [-0.1, -0.05) is 23.9 Å². The standard InChI is InChI=1S/C32H36F3N3O3S2/c1-23(42-26-11-9-25(40-2)10-12-26)31(39)41-21-20-37-18-16-36(17-19-37)14-5-15-38-27-6-3-4-7-29(27)43-30-13-8-24(22-28(30)38)32(33,34)35/h3-4,6-13,22-23H,5,14-21H2,1-2H3. The second kappa shape index (κ2) is 14.3. The number of ether oxygens (including phenoxy) is 2. The molecule has 0 spiro atoms. The van der Waals surface area contributed by atoms with Crippen molar-refractivity contribution in [1.82, 2.24) is 9.80 Å². The van der Waals surface area contributed by atoms with Crippen molar-refractivity contribution in [2.75, 3.05) is 64.4 Å². The van der Waals surface area contributed by atoms with E-state index in [0.29, 0.717) is 25.4 Å². The van der Waals surface area contributed by atoms with Gasteiger partial charge in [-0.25, -0.2) is 0 Å². The first-order valence-corrected chi connectivity index (χ1v) is 16.1. The van der Waals surface area contributed by atoms with Crippen LogP contribution < -0.4 is 9.64 Å². The highest BCUT2D eigenvalue weighted by molar-refractivity contribution is 8.00. The normalized spacial score (nSPS) is 16.3. The minimum atomic E-state index is -4.38. The van der Waals surface area contributed by atoms with Crippen LogP contribution in [-0.2, 0) is 15.7 Å². The van der Waals surface area contributed by atoms with Gasteiger partial charge in [0.25, 0.3) is 0 Å². The van der Waals surface area contributed by atoms with Crippen LogP contribution in [0.25, 0.3) is 0 Å². The van der Waals surface area contributed by atoms with Crippen molar-refractivity contribution in [1.29, 1.82) is 0 Å². The maximum absolute atomic E-state index is 13.5. The summed E-state index contributed by atoms with van der Waals surface area (Å²) in [6.07, 6.45) is -3.55. The average Bonchev–Trinajstić information content (AvgIpc) is 3.01. The minimum Gasteiger partial charge on any atom is -0.497 e. The molecule has 11 heteroatoms. The maximum Gasteiger partial charge on any atom is 0.416 e. The smallest absolute Gasteiger partial charge is 0.416 e. The fraction of sp³-hybridized carbons (Fsp3) is 0.406. The fourth-order valence-corrected chi connectivity index (χ4v) is 7.18. The Bertz CT molecular complexity index is 1380. The van der Waals surface area contributed by atoms with E-state index in [2.05, 4.69) is 9.80 Å². The quantitative estimate of drug-likeness (QED) is 0.165. The molecule has 3 aromatic carbocycles. The van der Waals surface area contributed by atoms with E-state index in [1.54, 1.807) is 13.2 Å². The largest absolute Gasteiger partial charge is 0.497 e. The molecule has 0 amide bonds. The highest BCUT2D eigenvalue weighted by atomic mass is 32.2. The lowest BCUT2D eigenvalue weighted by Crippen LogP contribution is -2.47. The van der Waals surface area contributed by atoms with Gasteiger partial charge in [0.2, 0.25) is 0 Å². The number of methoxy groups -OCH3 is 1. The Morgan fingerprint density at radius 3 is 2.28 bits per heavy atom. The van der Waals surface area contributed by atoms with Crippen LogP contribution >= 0.6 is 23.5 Å². The highest BCUT2D eigenvalue weighted by Gasteiger charge is 2.33. The van der Waals surface area contributed by atoms with E-state index in [-0.39, 0.29) is 11.2 Å². The van der Waals surface area contributed by atoms with Gasteiger partial charge in [0.05, 0.1) is 24.0 Å². The summed E-state index contributed by atoms with van der Waals surface area (Å²) in [5.41, 5.74) is 0.952. The maximum atomic E-state index is 13.5. The number of alkyl halides is 3. The molecular weight excluding hydrogens is 595 g/mol. The Morgan fingerprint density at radius 2 is 1.58 bits per heavy atom. The monoisotopic (exact) mass is 631 g/mol. The lowest BCUT2D eigenvalue weighted by molar-refractivity contribution is -0.143. The Hall–Kier alpha value is -2.86. The molecule has 6 nitrogen and oxygen atoms in total. The van der Waals surface area contributed by atoms with Crippen molar-refractivity contribution in [3.8, 4) is 5.75 Å². The van der Waals surface area contributed by atoms with Crippen molar-refractivity contribution in [2.45, 2.75) is 39.5 Å². The molecule has 1 atom stereocenters. The number of hydrogen-bond donors (Lipinski definition) is 0. The molecule has 1 unspecified atom stereocenters. The molecule has 5 rings (SSSR count). The number of thioether (sulfide) groups is 1. The summed E-state index contributed by atoms with van der Waals surface area (Å²) in [5.74, 6) is 0.557. The number of piperazine rings is 1. The third-order valence-electron chi connectivity index (χ3n) is 7.63. The topological polar surface area (TPSA) is 45.3 Å². The van der Waals surface area contributed by atoms with Crippen LogP contribution in [0.5, 0.6) is 5.75 Å². The first-order valence-electron chi connectivity index (χ1n) is 14.4. The summed E-state index contributed by atoms with van der Waals surface area (Å²) in [4.78, 5) is 22.1. The zero-order chi connectivity index (χ0) is 30.4. The average molecular weight is 632 g/mol. The van der Waals surface area contributed by atoms with Crippen LogP contribution in [-0.4, -0.2) is 80.5 Å². The molecule has 1 saturated heterocycles. The molecule has 1 fully saturated rings. The summed E-state index contributed by atoms with van der Waals surface area (Å²) in [6, 6.07) is 19.5. The summed E-state index contributed by atoms with van der Waals surface area (Å²) >= 11 is 2.98. The molecule has 0 aromatic heterocycles. The lowest BCUT2D eigenvalue weighted by Gasteiger charge is -2.36. The predicted molar refractivity (Wildman–Crippen MR) is 166 cm³/mol. The van der Waals surface area contributed by atoms with E-state index >= 15 is 0 Å². The van der Waals surface area contributed by atoms with E-state index in [1.807, 2.05) is 60.4 Å². The Morgan fingerprint density at radius 1 is 0.907 bits per heavy atom. The van der Waals surface area contributed by atoms with Gasteiger partial charge in [0.1, 0.15) is 17.6 Å². The van der Waals surface area contributed by atoms with E-state index in [1.165, 1.54) is 35.7 Å². The highest BCUT2D eigenvalue weighted by Crippen LogP contribution is 2.49. The summed E-state index contributed by atoms with van der Waals surface area (Å²) in [5, 5.41) is -0.303. The molecule has 0 saturated carbocycles. The van der Waals surface area contributed by atoms with Crippen LogP contribution in [0.3, 0.4) is 0 Å². The number of carbonyl (C=O) groups is 1. The Balaban J connectivity index is 1.05. The fourth-order valence-electron chi connectivity index (χ4n) is 5.23. The molecule has 0 bridgehead atoms. The van der Waals surface area contributed by atoms with Crippen LogP contribution in [0.15, 0.2) is 81.4 Å². The van der Waals surface area contributed by atoms with E-state index < -0.39 is 11.7 Å². The molecule has 0 aliphatic carbocycles. The van der Waals surface area contributed by atoms with Crippen molar-refractivity contribution < 1.29 is 27.4 Å². The summed E-state index contributed by atoms with van der Waals surface area (Å²) in [7, 11) is 1.62. The number of halogens is 3. The number of rotatable bonds is 11. The zero-order valence-electron chi connectivity index (χ0n) is 24.3. The number of carbonyl (C=O) groups excluding carboxylic acids is 1.